The second-order valence-corrected chi connectivity index (χ2v) is 5.31. The molecule has 2 N–H and O–H groups in total. The zero-order chi connectivity index (χ0) is 14.7. The van der Waals surface area contributed by atoms with Gasteiger partial charge in [-0.2, -0.15) is 5.10 Å². The third kappa shape index (κ3) is 2.88. The summed E-state index contributed by atoms with van der Waals surface area (Å²) in [6, 6.07) is 0.177. The maximum atomic E-state index is 6.03. The molecule has 0 radical (unpaired) electrons. The molecule has 0 amide bonds. The first-order valence-corrected chi connectivity index (χ1v) is 7.16. The summed E-state index contributed by atoms with van der Waals surface area (Å²) in [5.41, 5.74) is 8.38. The van der Waals surface area contributed by atoms with Gasteiger partial charge in [-0.1, -0.05) is 6.92 Å². The predicted molar refractivity (Wildman–Crippen MR) is 77.5 cm³/mol. The monoisotopic (exact) mass is 282 g/mol. The van der Waals surface area contributed by atoms with Crippen molar-refractivity contribution in [2.45, 2.75) is 31.6 Å². The van der Waals surface area contributed by atoms with E-state index in [1.54, 1.807) is 14.2 Å². The number of methoxy groups -OCH3 is 2. The molecule has 1 fully saturated rings. The maximum absolute atomic E-state index is 6.03. The third-order valence-corrected chi connectivity index (χ3v) is 4.14. The molecule has 20 heavy (non-hydrogen) atoms. The topological polar surface area (TPSA) is 65.5 Å². The molecule has 1 aliphatic heterocycles. The van der Waals surface area contributed by atoms with E-state index in [0.717, 1.165) is 25.2 Å². The van der Waals surface area contributed by atoms with Crippen molar-refractivity contribution in [2.75, 3.05) is 33.9 Å². The fourth-order valence-corrected chi connectivity index (χ4v) is 3.06. The lowest BCUT2D eigenvalue weighted by atomic mass is 10.1. The Balaban J connectivity index is 2.20. The first kappa shape index (κ1) is 15.4. The zero-order valence-corrected chi connectivity index (χ0v) is 12.9. The molecule has 0 bridgehead atoms. The van der Waals surface area contributed by atoms with Crippen LogP contribution in [0.15, 0.2) is 6.20 Å². The van der Waals surface area contributed by atoms with Crippen LogP contribution in [0.25, 0.3) is 0 Å². The summed E-state index contributed by atoms with van der Waals surface area (Å²) in [6.07, 6.45) is 3.21. The van der Waals surface area contributed by atoms with Gasteiger partial charge >= 0.3 is 0 Å². The molecule has 0 spiro atoms. The van der Waals surface area contributed by atoms with Gasteiger partial charge in [0.1, 0.15) is 0 Å². The molecule has 6 heteroatoms. The molecule has 0 aliphatic carbocycles. The lowest BCUT2D eigenvalue weighted by molar-refractivity contribution is -0.00461. The van der Waals surface area contributed by atoms with E-state index in [-0.39, 0.29) is 18.2 Å². The van der Waals surface area contributed by atoms with Crippen LogP contribution in [0, 0.1) is 0 Å². The minimum atomic E-state index is 0.107. The summed E-state index contributed by atoms with van der Waals surface area (Å²) < 4.78 is 12.9. The average molecular weight is 282 g/mol. The predicted octanol–water partition coefficient (Wildman–Crippen LogP) is 0.328. The molecule has 3 atom stereocenters. The van der Waals surface area contributed by atoms with Gasteiger partial charge in [-0.05, 0) is 6.42 Å². The van der Waals surface area contributed by atoms with Crippen LogP contribution < -0.4 is 5.73 Å². The number of nitrogens with zero attached hydrogens (tertiary/aromatic N) is 3. The highest BCUT2D eigenvalue weighted by Gasteiger charge is 2.37. The van der Waals surface area contributed by atoms with Gasteiger partial charge in [0.15, 0.2) is 0 Å². The van der Waals surface area contributed by atoms with Crippen molar-refractivity contribution in [2.24, 2.45) is 12.8 Å². The number of nitrogens with two attached hydrogens (primary N) is 1. The van der Waals surface area contributed by atoms with E-state index in [1.165, 1.54) is 5.56 Å². The second-order valence-electron chi connectivity index (χ2n) is 5.31. The normalized spacial score (nSPS) is 25.2. The van der Waals surface area contributed by atoms with E-state index in [1.807, 2.05) is 11.7 Å². The Bertz CT molecular complexity index is 423. The van der Waals surface area contributed by atoms with Crippen LogP contribution in [0.4, 0.5) is 0 Å². The molecule has 3 unspecified atom stereocenters. The Hall–Kier alpha value is -0.950. The van der Waals surface area contributed by atoms with E-state index < -0.39 is 0 Å². The Morgan fingerprint density at radius 3 is 2.40 bits per heavy atom. The van der Waals surface area contributed by atoms with Gasteiger partial charge in [0, 0.05) is 52.7 Å². The van der Waals surface area contributed by atoms with E-state index in [0.29, 0.717) is 6.54 Å². The highest BCUT2D eigenvalue weighted by atomic mass is 16.5. The molecule has 1 aliphatic rings. The van der Waals surface area contributed by atoms with Gasteiger partial charge in [0.25, 0.3) is 0 Å². The smallest absolute Gasteiger partial charge is 0.0972 e. The van der Waals surface area contributed by atoms with Crippen molar-refractivity contribution in [1.82, 2.24) is 14.7 Å². The molecular weight excluding hydrogens is 256 g/mol. The summed E-state index contributed by atoms with van der Waals surface area (Å²) in [5, 5.41) is 4.52. The molecule has 0 aromatic carbocycles. The van der Waals surface area contributed by atoms with Crippen LogP contribution in [0.5, 0.6) is 0 Å². The molecule has 2 rings (SSSR count). The number of likely N-dealkylation sites (tertiary alicyclic amines) is 1. The summed E-state index contributed by atoms with van der Waals surface area (Å²) in [4.78, 5) is 2.35. The van der Waals surface area contributed by atoms with Crippen LogP contribution in [0.3, 0.4) is 0 Å². The van der Waals surface area contributed by atoms with Crippen LogP contribution >= 0.6 is 0 Å². The van der Waals surface area contributed by atoms with E-state index in [2.05, 4.69) is 23.1 Å². The quantitative estimate of drug-likeness (QED) is 0.814. The Kier molecular flexibility index (Phi) is 5.15. The molecule has 114 valence electrons. The zero-order valence-electron chi connectivity index (χ0n) is 12.9. The largest absolute Gasteiger partial charge is 0.377 e. The lowest BCUT2D eigenvalue weighted by Crippen LogP contribution is -2.33. The molecule has 2 heterocycles. The first-order valence-electron chi connectivity index (χ1n) is 7.16. The van der Waals surface area contributed by atoms with E-state index in [9.17, 15) is 0 Å². The third-order valence-electron chi connectivity index (χ3n) is 4.14. The van der Waals surface area contributed by atoms with Crippen molar-refractivity contribution in [3.8, 4) is 0 Å². The Morgan fingerprint density at radius 2 is 1.95 bits per heavy atom. The van der Waals surface area contributed by atoms with Gasteiger partial charge in [0.2, 0.25) is 0 Å². The number of rotatable bonds is 6. The fourth-order valence-electron chi connectivity index (χ4n) is 3.06. The lowest BCUT2D eigenvalue weighted by Gasteiger charge is -2.26. The van der Waals surface area contributed by atoms with Crippen molar-refractivity contribution in [3.63, 3.8) is 0 Å². The molecule has 1 saturated heterocycles. The van der Waals surface area contributed by atoms with E-state index in [4.69, 9.17) is 15.2 Å². The standard InChI is InChI=1S/C14H26N4O2/c1-5-11-10(7-17(2)16-11)12(6-15)18-8-13(19-3)14(9-18)20-4/h7,12-14H,5-6,8-9,15H2,1-4H3. The number of aryl methyl sites for hydroxylation is 2. The molecular formula is C14H26N4O2. The summed E-state index contributed by atoms with van der Waals surface area (Å²) >= 11 is 0. The first-order chi connectivity index (χ1) is 9.64. The minimum absolute atomic E-state index is 0.107. The molecule has 6 nitrogen and oxygen atoms in total. The van der Waals surface area contributed by atoms with Crippen molar-refractivity contribution in [1.29, 1.82) is 0 Å². The highest BCUT2D eigenvalue weighted by Crippen LogP contribution is 2.28. The van der Waals surface area contributed by atoms with Gasteiger partial charge in [-0.15, -0.1) is 0 Å². The van der Waals surface area contributed by atoms with Gasteiger partial charge in [0.05, 0.1) is 23.9 Å². The SMILES string of the molecule is CCc1nn(C)cc1C(CN)N1CC(OC)C(OC)C1. The molecule has 1 aromatic heterocycles. The van der Waals surface area contributed by atoms with Gasteiger partial charge in [-0.3, -0.25) is 9.58 Å². The summed E-state index contributed by atoms with van der Waals surface area (Å²) in [6.45, 7) is 4.38. The van der Waals surface area contributed by atoms with Gasteiger partial charge < -0.3 is 15.2 Å². The van der Waals surface area contributed by atoms with Crippen LogP contribution in [-0.2, 0) is 22.9 Å². The van der Waals surface area contributed by atoms with Crippen molar-refractivity contribution >= 4 is 0 Å². The Labute approximate surface area is 120 Å². The summed E-state index contributed by atoms with van der Waals surface area (Å²) in [7, 11) is 5.43. The van der Waals surface area contributed by atoms with E-state index >= 15 is 0 Å². The number of ether oxygens (including phenoxy) is 2. The fraction of sp³-hybridized carbons (Fsp3) is 0.786. The minimum Gasteiger partial charge on any atom is -0.377 e. The second kappa shape index (κ2) is 6.67. The molecule has 0 saturated carbocycles. The highest BCUT2D eigenvalue weighted by molar-refractivity contribution is 5.22. The van der Waals surface area contributed by atoms with Crippen LogP contribution in [0.1, 0.15) is 24.2 Å². The van der Waals surface area contributed by atoms with Gasteiger partial charge in [-0.25, -0.2) is 0 Å². The number of aromatic nitrogens is 2. The Morgan fingerprint density at radius 1 is 1.35 bits per heavy atom. The maximum Gasteiger partial charge on any atom is 0.0972 e. The molecule has 1 aromatic rings. The average Bonchev–Trinajstić information content (AvgIpc) is 3.03. The van der Waals surface area contributed by atoms with Crippen molar-refractivity contribution in [3.05, 3.63) is 17.5 Å². The van der Waals surface area contributed by atoms with Crippen molar-refractivity contribution < 1.29 is 9.47 Å². The van der Waals surface area contributed by atoms with Crippen LogP contribution in [-0.4, -0.2) is 60.7 Å². The number of hydrogen-bond acceptors (Lipinski definition) is 5. The van der Waals surface area contributed by atoms with Crippen LogP contribution in [0.2, 0.25) is 0 Å². The summed E-state index contributed by atoms with van der Waals surface area (Å²) in [5.74, 6) is 0. The number of hydrogen-bond donors (Lipinski definition) is 1.